The summed E-state index contributed by atoms with van der Waals surface area (Å²) in [6.45, 7) is 5.31. The van der Waals surface area contributed by atoms with Gasteiger partial charge in [0.05, 0.1) is 6.54 Å². The number of hydrogen-bond donors (Lipinski definition) is 4. The monoisotopic (exact) mass is 418 g/mol. The third-order valence-corrected chi connectivity index (χ3v) is 4.87. The Morgan fingerprint density at radius 1 is 0.931 bits per heavy atom. The third-order valence-electron chi connectivity index (χ3n) is 3.77. The van der Waals surface area contributed by atoms with Crippen molar-refractivity contribution in [3.63, 3.8) is 0 Å². The maximum atomic E-state index is 11.9. The number of hydrogen-bond acceptors (Lipinski definition) is 5. The average Bonchev–Trinajstić information content (AvgIpc) is 2.68. The number of benzene rings is 2. The van der Waals surface area contributed by atoms with Gasteiger partial charge in [-0.1, -0.05) is 24.3 Å². The Morgan fingerprint density at radius 2 is 1.59 bits per heavy atom. The molecule has 156 valence electrons. The Labute approximate surface area is 174 Å². The van der Waals surface area contributed by atoms with Gasteiger partial charge in [0, 0.05) is 10.6 Å². The van der Waals surface area contributed by atoms with Crippen LogP contribution >= 0.6 is 11.8 Å². The summed E-state index contributed by atoms with van der Waals surface area (Å²) < 4.78 is 0. The number of nitrogens with one attached hydrogen (secondary N) is 2. The minimum Gasteiger partial charge on any atom is -0.473 e. The predicted octanol–water partition coefficient (Wildman–Crippen LogP) is 3.17. The third kappa shape index (κ3) is 10.9. The molecular formula is C21H26N2O5S. The predicted molar refractivity (Wildman–Crippen MR) is 114 cm³/mol. The second-order valence-electron chi connectivity index (χ2n) is 6.15. The van der Waals surface area contributed by atoms with Crippen LogP contribution in [-0.4, -0.2) is 46.9 Å². The van der Waals surface area contributed by atoms with Crippen molar-refractivity contribution < 1.29 is 24.6 Å². The molecule has 2 aromatic carbocycles. The molecule has 0 saturated heterocycles. The van der Waals surface area contributed by atoms with Gasteiger partial charge in [-0.2, -0.15) is 0 Å². The number of thioether (sulfide) groups is 1. The molecule has 0 unspecified atom stereocenters. The first-order valence-electron chi connectivity index (χ1n) is 9.01. The minimum atomic E-state index is -1.82. The lowest BCUT2D eigenvalue weighted by molar-refractivity contribution is -0.159. The Kier molecular flexibility index (Phi) is 11.1. The van der Waals surface area contributed by atoms with Gasteiger partial charge >= 0.3 is 11.9 Å². The van der Waals surface area contributed by atoms with Gasteiger partial charge in [-0.05, 0) is 68.0 Å². The highest BCUT2D eigenvalue weighted by molar-refractivity contribution is 7.99. The fourth-order valence-corrected chi connectivity index (χ4v) is 3.00. The molecular weight excluding hydrogens is 392 g/mol. The molecule has 4 N–H and O–H groups in total. The highest BCUT2D eigenvalue weighted by atomic mass is 32.2. The minimum absolute atomic E-state index is 0.00367. The first-order valence-corrected chi connectivity index (χ1v) is 10.00. The van der Waals surface area contributed by atoms with E-state index in [2.05, 4.69) is 41.8 Å². The van der Waals surface area contributed by atoms with E-state index in [0.29, 0.717) is 6.54 Å². The summed E-state index contributed by atoms with van der Waals surface area (Å²) in [5.41, 5.74) is 3.28. The van der Waals surface area contributed by atoms with E-state index in [1.165, 1.54) is 16.0 Å². The number of carbonyl (C=O) groups is 3. The summed E-state index contributed by atoms with van der Waals surface area (Å²) in [4.78, 5) is 31.4. The number of aliphatic carboxylic acids is 2. The van der Waals surface area contributed by atoms with Gasteiger partial charge in [-0.3, -0.25) is 4.79 Å². The van der Waals surface area contributed by atoms with E-state index < -0.39 is 11.9 Å². The summed E-state index contributed by atoms with van der Waals surface area (Å²) in [7, 11) is 0. The lowest BCUT2D eigenvalue weighted by Crippen LogP contribution is -2.29. The van der Waals surface area contributed by atoms with Crippen molar-refractivity contribution in [2.24, 2.45) is 0 Å². The fraction of sp³-hybridized carbons (Fsp3) is 0.286. The summed E-state index contributed by atoms with van der Waals surface area (Å²) in [6, 6.07) is 16.3. The molecule has 0 aliphatic rings. The molecule has 7 nitrogen and oxygen atoms in total. The van der Waals surface area contributed by atoms with Crippen LogP contribution in [0.25, 0.3) is 0 Å². The summed E-state index contributed by atoms with van der Waals surface area (Å²) in [6.07, 6.45) is 1.04. The topological polar surface area (TPSA) is 116 Å². The van der Waals surface area contributed by atoms with Crippen LogP contribution in [0.2, 0.25) is 0 Å². The quantitative estimate of drug-likeness (QED) is 0.296. The van der Waals surface area contributed by atoms with Gasteiger partial charge < -0.3 is 20.8 Å². The molecule has 0 fully saturated rings. The summed E-state index contributed by atoms with van der Waals surface area (Å²) in [5.74, 6) is -2.59. The number of rotatable bonds is 8. The normalized spacial score (nSPS) is 9.86. The Hall–Kier alpha value is -2.84. The van der Waals surface area contributed by atoms with Gasteiger partial charge in [0.2, 0.25) is 5.91 Å². The Balaban J connectivity index is 0.000000612. The number of carbonyl (C=O) groups excluding carboxylic acids is 1. The zero-order chi connectivity index (χ0) is 21.6. The van der Waals surface area contributed by atoms with Crippen LogP contribution in [0.3, 0.4) is 0 Å². The van der Waals surface area contributed by atoms with Crippen molar-refractivity contribution in [1.82, 2.24) is 5.32 Å². The highest BCUT2D eigenvalue weighted by Gasteiger charge is 2.04. The number of anilines is 1. The van der Waals surface area contributed by atoms with Crippen LogP contribution in [0.15, 0.2) is 53.4 Å². The van der Waals surface area contributed by atoms with Gasteiger partial charge in [0.15, 0.2) is 0 Å². The van der Waals surface area contributed by atoms with Crippen molar-refractivity contribution in [2.75, 3.05) is 24.2 Å². The standard InChI is InChI=1S/C19H24N2OS.C2H2O4/c1-15-9-10-17(13-16(15)2)21-19(22)14-20-11-6-12-23-18-7-4-3-5-8-18;3-1(4)2(5)6/h3-5,7-10,13,20H,6,11-12,14H2,1-2H3,(H,21,22);(H,3,4)(H,5,6). The van der Waals surface area contributed by atoms with Crippen LogP contribution in [0.1, 0.15) is 17.5 Å². The molecule has 2 aromatic rings. The fourth-order valence-electron chi connectivity index (χ4n) is 2.13. The number of carboxylic acid groups (broad SMARTS) is 2. The highest BCUT2D eigenvalue weighted by Crippen LogP contribution is 2.17. The van der Waals surface area contributed by atoms with Crippen molar-refractivity contribution in [3.8, 4) is 0 Å². The zero-order valence-electron chi connectivity index (χ0n) is 16.5. The van der Waals surface area contributed by atoms with Crippen molar-refractivity contribution in [1.29, 1.82) is 0 Å². The van der Waals surface area contributed by atoms with Crippen LogP contribution in [-0.2, 0) is 14.4 Å². The average molecular weight is 419 g/mol. The lowest BCUT2D eigenvalue weighted by Gasteiger charge is -2.08. The molecule has 0 spiro atoms. The van der Waals surface area contributed by atoms with E-state index in [4.69, 9.17) is 19.8 Å². The Morgan fingerprint density at radius 3 is 2.17 bits per heavy atom. The molecule has 0 aliphatic carbocycles. The SMILES string of the molecule is Cc1ccc(NC(=O)CNCCCSc2ccccc2)cc1C.O=C(O)C(=O)O. The number of carboxylic acids is 2. The molecule has 0 aromatic heterocycles. The second-order valence-corrected chi connectivity index (χ2v) is 7.32. The number of aryl methyl sites for hydroxylation is 2. The first kappa shape index (κ1) is 24.2. The van der Waals surface area contributed by atoms with E-state index in [0.717, 1.165) is 24.4 Å². The Bertz CT molecular complexity index is 800. The second kappa shape index (κ2) is 13.4. The molecule has 2 rings (SSSR count). The van der Waals surface area contributed by atoms with E-state index in [9.17, 15) is 4.79 Å². The molecule has 0 heterocycles. The molecule has 8 heteroatoms. The van der Waals surface area contributed by atoms with E-state index >= 15 is 0 Å². The molecule has 0 aliphatic heterocycles. The first-order chi connectivity index (χ1) is 13.8. The van der Waals surface area contributed by atoms with Crippen molar-refractivity contribution >= 4 is 35.3 Å². The van der Waals surface area contributed by atoms with Crippen molar-refractivity contribution in [3.05, 3.63) is 59.7 Å². The lowest BCUT2D eigenvalue weighted by atomic mass is 10.1. The maximum absolute atomic E-state index is 11.9. The molecule has 1 amide bonds. The van der Waals surface area contributed by atoms with E-state index in [-0.39, 0.29) is 5.91 Å². The van der Waals surface area contributed by atoms with Crippen LogP contribution < -0.4 is 10.6 Å². The van der Waals surface area contributed by atoms with Crippen LogP contribution in [0.4, 0.5) is 5.69 Å². The van der Waals surface area contributed by atoms with Crippen LogP contribution in [0.5, 0.6) is 0 Å². The molecule has 0 bridgehead atoms. The molecule has 0 radical (unpaired) electrons. The van der Waals surface area contributed by atoms with Gasteiger partial charge in [-0.25, -0.2) is 9.59 Å². The molecule has 0 saturated carbocycles. The maximum Gasteiger partial charge on any atom is 0.414 e. The van der Waals surface area contributed by atoms with Crippen molar-refractivity contribution in [2.45, 2.75) is 25.2 Å². The smallest absolute Gasteiger partial charge is 0.414 e. The van der Waals surface area contributed by atoms with Gasteiger partial charge in [0.25, 0.3) is 0 Å². The zero-order valence-corrected chi connectivity index (χ0v) is 17.3. The summed E-state index contributed by atoms with van der Waals surface area (Å²) in [5, 5.41) is 20.9. The number of amides is 1. The molecule has 0 atom stereocenters. The molecule has 29 heavy (non-hydrogen) atoms. The summed E-state index contributed by atoms with van der Waals surface area (Å²) >= 11 is 1.84. The van der Waals surface area contributed by atoms with E-state index in [1.807, 2.05) is 43.0 Å². The van der Waals surface area contributed by atoms with Crippen LogP contribution in [0, 0.1) is 13.8 Å². The largest absolute Gasteiger partial charge is 0.473 e. The van der Waals surface area contributed by atoms with Gasteiger partial charge in [0.1, 0.15) is 0 Å². The van der Waals surface area contributed by atoms with E-state index in [1.54, 1.807) is 0 Å². The van der Waals surface area contributed by atoms with Gasteiger partial charge in [-0.15, -0.1) is 11.8 Å².